The molecule has 0 aliphatic rings. The number of para-hydroxylation sites is 2. The Bertz CT molecular complexity index is 379. The Morgan fingerprint density at radius 3 is 2.53 bits per heavy atom. The SMILES string of the molecule is O=C(Cl)CCC(=O)Nc1ccccc1O. The third-order valence-electron chi connectivity index (χ3n) is 1.73. The number of hydrogen-bond donors (Lipinski definition) is 2. The van der Waals surface area contributed by atoms with Gasteiger partial charge in [-0.25, -0.2) is 0 Å². The Balaban J connectivity index is 2.52. The number of carbonyl (C=O) groups is 2. The number of benzene rings is 1. The number of halogens is 1. The average Bonchev–Trinajstić information content (AvgIpc) is 2.18. The lowest BCUT2D eigenvalue weighted by atomic mass is 10.2. The van der Waals surface area contributed by atoms with Gasteiger partial charge in [-0.3, -0.25) is 9.59 Å². The average molecular weight is 228 g/mol. The molecule has 0 fully saturated rings. The van der Waals surface area contributed by atoms with Crippen LogP contribution in [0.3, 0.4) is 0 Å². The van der Waals surface area contributed by atoms with E-state index in [9.17, 15) is 14.7 Å². The second kappa shape index (κ2) is 5.36. The molecule has 1 rings (SSSR count). The molecule has 1 aromatic rings. The minimum atomic E-state index is -0.553. The molecule has 0 saturated heterocycles. The fourth-order valence-corrected chi connectivity index (χ4v) is 1.10. The van der Waals surface area contributed by atoms with Crippen LogP contribution in [0.25, 0.3) is 0 Å². The van der Waals surface area contributed by atoms with Crippen LogP contribution in [0.2, 0.25) is 0 Å². The van der Waals surface area contributed by atoms with E-state index < -0.39 is 5.24 Å². The van der Waals surface area contributed by atoms with Crippen LogP contribution in [0.5, 0.6) is 5.75 Å². The fourth-order valence-electron chi connectivity index (χ4n) is 1.00. The first-order valence-corrected chi connectivity index (χ1v) is 4.73. The summed E-state index contributed by atoms with van der Waals surface area (Å²) in [7, 11) is 0. The van der Waals surface area contributed by atoms with Crippen molar-refractivity contribution in [3.05, 3.63) is 24.3 Å². The van der Waals surface area contributed by atoms with Crippen LogP contribution < -0.4 is 5.32 Å². The summed E-state index contributed by atoms with van der Waals surface area (Å²) in [4.78, 5) is 21.6. The van der Waals surface area contributed by atoms with Gasteiger partial charge in [0.2, 0.25) is 11.1 Å². The third kappa shape index (κ3) is 3.99. The lowest BCUT2D eigenvalue weighted by molar-refractivity contribution is -0.119. The van der Waals surface area contributed by atoms with E-state index in [1.165, 1.54) is 6.07 Å². The molecular weight excluding hydrogens is 218 g/mol. The van der Waals surface area contributed by atoms with E-state index in [-0.39, 0.29) is 24.5 Å². The Morgan fingerprint density at radius 2 is 1.93 bits per heavy atom. The number of carbonyl (C=O) groups excluding carboxylic acids is 2. The van der Waals surface area contributed by atoms with E-state index in [1.54, 1.807) is 18.2 Å². The monoisotopic (exact) mass is 227 g/mol. The zero-order valence-electron chi connectivity index (χ0n) is 7.87. The quantitative estimate of drug-likeness (QED) is 0.610. The molecule has 0 saturated carbocycles. The largest absolute Gasteiger partial charge is 0.506 e. The van der Waals surface area contributed by atoms with Crippen molar-refractivity contribution >= 4 is 28.4 Å². The first-order valence-electron chi connectivity index (χ1n) is 4.36. The summed E-state index contributed by atoms with van der Waals surface area (Å²) in [5, 5.41) is 11.2. The minimum Gasteiger partial charge on any atom is -0.506 e. The molecule has 0 heterocycles. The first kappa shape index (κ1) is 11.5. The molecule has 15 heavy (non-hydrogen) atoms. The van der Waals surface area contributed by atoms with Gasteiger partial charge in [0.15, 0.2) is 0 Å². The molecule has 0 atom stereocenters. The van der Waals surface area contributed by atoms with Crippen molar-refractivity contribution in [3.63, 3.8) is 0 Å². The van der Waals surface area contributed by atoms with Crippen molar-refractivity contribution in [2.24, 2.45) is 0 Å². The van der Waals surface area contributed by atoms with Gasteiger partial charge in [0, 0.05) is 12.8 Å². The summed E-state index contributed by atoms with van der Waals surface area (Å²) in [6.45, 7) is 0. The third-order valence-corrected chi connectivity index (χ3v) is 1.92. The second-order valence-corrected chi connectivity index (χ2v) is 3.34. The molecule has 0 aliphatic heterocycles. The highest BCUT2D eigenvalue weighted by Crippen LogP contribution is 2.21. The Labute approximate surface area is 91.9 Å². The van der Waals surface area contributed by atoms with E-state index in [4.69, 9.17) is 11.6 Å². The zero-order chi connectivity index (χ0) is 11.3. The van der Waals surface area contributed by atoms with Crippen LogP contribution in [0.1, 0.15) is 12.8 Å². The molecule has 1 amide bonds. The maximum absolute atomic E-state index is 11.2. The Morgan fingerprint density at radius 1 is 1.27 bits per heavy atom. The van der Waals surface area contributed by atoms with Crippen LogP contribution in [0, 0.1) is 0 Å². The molecule has 0 aromatic heterocycles. The molecule has 1 aromatic carbocycles. The number of phenolic OH excluding ortho intramolecular Hbond substituents is 1. The van der Waals surface area contributed by atoms with Gasteiger partial charge in [-0.15, -0.1) is 0 Å². The second-order valence-electron chi connectivity index (χ2n) is 2.92. The van der Waals surface area contributed by atoms with Gasteiger partial charge in [0.05, 0.1) is 5.69 Å². The molecule has 5 heteroatoms. The van der Waals surface area contributed by atoms with Gasteiger partial charge in [-0.1, -0.05) is 12.1 Å². The van der Waals surface area contributed by atoms with Gasteiger partial charge in [-0.05, 0) is 23.7 Å². The normalized spacial score (nSPS) is 9.67. The lowest BCUT2D eigenvalue weighted by Gasteiger charge is -2.05. The molecule has 2 N–H and O–H groups in total. The van der Waals surface area contributed by atoms with Gasteiger partial charge in [-0.2, -0.15) is 0 Å². The topological polar surface area (TPSA) is 66.4 Å². The number of rotatable bonds is 4. The smallest absolute Gasteiger partial charge is 0.224 e. The predicted molar refractivity (Wildman–Crippen MR) is 56.8 cm³/mol. The number of hydrogen-bond acceptors (Lipinski definition) is 3. The predicted octanol–water partition coefficient (Wildman–Crippen LogP) is 1.88. The Kier molecular flexibility index (Phi) is 4.12. The summed E-state index contributed by atoms with van der Waals surface area (Å²) in [6, 6.07) is 6.35. The zero-order valence-corrected chi connectivity index (χ0v) is 8.62. The summed E-state index contributed by atoms with van der Waals surface area (Å²) in [6.07, 6.45) is -0.00233. The van der Waals surface area contributed by atoms with E-state index in [0.717, 1.165) is 0 Å². The standard InChI is InChI=1S/C10H10ClNO3/c11-9(14)5-6-10(15)12-7-3-1-2-4-8(7)13/h1-4,13H,5-6H2,(H,12,15). The van der Waals surface area contributed by atoms with Crippen molar-refractivity contribution in [1.82, 2.24) is 0 Å². The molecule has 80 valence electrons. The van der Waals surface area contributed by atoms with E-state index in [0.29, 0.717) is 5.69 Å². The van der Waals surface area contributed by atoms with Gasteiger partial charge >= 0.3 is 0 Å². The van der Waals surface area contributed by atoms with E-state index >= 15 is 0 Å². The maximum Gasteiger partial charge on any atom is 0.224 e. The van der Waals surface area contributed by atoms with Crippen LogP contribution in [0.15, 0.2) is 24.3 Å². The van der Waals surface area contributed by atoms with Gasteiger partial charge in [0.1, 0.15) is 5.75 Å². The van der Waals surface area contributed by atoms with Crippen LogP contribution in [-0.2, 0) is 9.59 Å². The molecule has 0 spiro atoms. The number of nitrogens with one attached hydrogen (secondary N) is 1. The number of anilines is 1. The van der Waals surface area contributed by atoms with Crippen molar-refractivity contribution < 1.29 is 14.7 Å². The first-order chi connectivity index (χ1) is 7.09. The van der Waals surface area contributed by atoms with E-state index in [1.807, 2.05) is 0 Å². The summed E-state index contributed by atoms with van der Waals surface area (Å²) >= 11 is 5.09. The molecule has 0 radical (unpaired) electrons. The van der Waals surface area contributed by atoms with Crippen molar-refractivity contribution in [2.45, 2.75) is 12.8 Å². The summed E-state index contributed by atoms with van der Waals surface area (Å²) in [5.74, 6) is -0.367. The minimum absolute atomic E-state index is 0.0106. The molecule has 0 bridgehead atoms. The van der Waals surface area contributed by atoms with Crippen LogP contribution in [0.4, 0.5) is 5.69 Å². The summed E-state index contributed by atoms with van der Waals surface area (Å²) in [5.41, 5.74) is 0.324. The lowest BCUT2D eigenvalue weighted by Crippen LogP contribution is -2.12. The molecule has 0 aliphatic carbocycles. The number of phenols is 1. The Hall–Kier alpha value is -1.55. The van der Waals surface area contributed by atoms with Gasteiger partial charge in [0.25, 0.3) is 0 Å². The van der Waals surface area contributed by atoms with Crippen LogP contribution >= 0.6 is 11.6 Å². The van der Waals surface area contributed by atoms with E-state index in [2.05, 4.69) is 5.32 Å². The fraction of sp³-hybridized carbons (Fsp3) is 0.200. The molecule has 0 unspecified atom stereocenters. The highest BCUT2D eigenvalue weighted by atomic mass is 35.5. The van der Waals surface area contributed by atoms with Crippen molar-refractivity contribution in [1.29, 1.82) is 0 Å². The van der Waals surface area contributed by atoms with Crippen LogP contribution in [-0.4, -0.2) is 16.3 Å². The van der Waals surface area contributed by atoms with Crippen molar-refractivity contribution in [2.75, 3.05) is 5.32 Å². The molecular formula is C10H10ClNO3. The summed E-state index contributed by atoms with van der Waals surface area (Å²) < 4.78 is 0. The number of aromatic hydroxyl groups is 1. The van der Waals surface area contributed by atoms with Gasteiger partial charge < -0.3 is 10.4 Å². The molecule has 4 nitrogen and oxygen atoms in total. The number of amides is 1. The maximum atomic E-state index is 11.2. The highest BCUT2D eigenvalue weighted by Gasteiger charge is 2.07. The highest BCUT2D eigenvalue weighted by molar-refractivity contribution is 6.63. The van der Waals surface area contributed by atoms with Crippen molar-refractivity contribution in [3.8, 4) is 5.75 Å².